The lowest BCUT2D eigenvalue weighted by atomic mass is 10.2. The maximum absolute atomic E-state index is 5.47. The predicted molar refractivity (Wildman–Crippen MR) is 77.1 cm³/mol. The number of hydrogen-bond donors (Lipinski definition) is 0. The number of rotatable bonds is 5. The van der Waals surface area contributed by atoms with E-state index in [0.29, 0.717) is 22.7 Å². The minimum absolute atomic E-state index is 0.541. The summed E-state index contributed by atoms with van der Waals surface area (Å²) in [6.07, 6.45) is 0.735. The summed E-state index contributed by atoms with van der Waals surface area (Å²) >= 11 is 1.46. The molecular formula is C13H14N6OS. The lowest BCUT2D eigenvalue weighted by molar-refractivity contribution is 0.469. The molecule has 7 nitrogen and oxygen atoms in total. The standard InChI is InChI=1S/C13H14N6OS/c1-3-11-14-15-12(20-11)8-21-13-16-17-18-19(13)10-6-4-5-9(2)7-10/h4-7H,3,8H2,1-2H3. The maximum Gasteiger partial charge on any atom is 0.226 e. The molecule has 1 aromatic carbocycles. The molecule has 21 heavy (non-hydrogen) atoms. The molecule has 0 spiro atoms. The number of aryl methyl sites for hydroxylation is 2. The summed E-state index contributed by atoms with van der Waals surface area (Å²) in [6, 6.07) is 8.01. The lowest BCUT2D eigenvalue weighted by Gasteiger charge is -2.03. The molecule has 0 radical (unpaired) electrons. The molecule has 0 aliphatic rings. The van der Waals surface area contributed by atoms with E-state index in [1.807, 2.05) is 38.1 Å². The Bertz CT molecular complexity index is 738. The van der Waals surface area contributed by atoms with Gasteiger partial charge in [-0.3, -0.25) is 0 Å². The van der Waals surface area contributed by atoms with Gasteiger partial charge in [0.2, 0.25) is 16.9 Å². The van der Waals surface area contributed by atoms with Crippen LogP contribution in [-0.2, 0) is 12.2 Å². The van der Waals surface area contributed by atoms with Crippen LogP contribution in [0.25, 0.3) is 5.69 Å². The van der Waals surface area contributed by atoms with Crippen molar-refractivity contribution in [3.05, 3.63) is 41.6 Å². The van der Waals surface area contributed by atoms with Gasteiger partial charge in [0.1, 0.15) is 0 Å². The molecular weight excluding hydrogens is 288 g/mol. The highest BCUT2D eigenvalue weighted by atomic mass is 32.2. The van der Waals surface area contributed by atoms with Gasteiger partial charge in [-0.15, -0.1) is 15.3 Å². The van der Waals surface area contributed by atoms with Gasteiger partial charge >= 0.3 is 0 Å². The summed E-state index contributed by atoms with van der Waals surface area (Å²) in [5.74, 6) is 1.76. The smallest absolute Gasteiger partial charge is 0.226 e. The van der Waals surface area contributed by atoms with Crippen LogP contribution in [0, 0.1) is 6.92 Å². The molecule has 0 bridgehead atoms. The van der Waals surface area contributed by atoms with Gasteiger partial charge in [0, 0.05) is 6.42 Å². The number of nitrogens with zero attached hydrogens (tertiary/aromatic N) is 6. The van der Waals surface area contributed by atoms with Crippen LogP contribution in [0.1, 0.15) is 24.3 Å². The Kier molecular flexibility index (Phi) is 3.96. The van der Waals surface area contributed by atoms with Gasteiger partial charge in [0.15, 0.2) is 0 Å². The highest BCUT2D eigenvalue weighted by Gasteiger charge is 2.12. The third-order valence-corrected chi connectivity index (χ3v) is 3.73. The van der Waals surface area contributed by atoms with Gasteiger partial charge in [-0.2, -0.15) is 4.68 Å². The molecule has 0 atom stereocenters. The second-order valence-corrected chi connectivity index (χ2v) is 5.39. The van der Waals surface area contributed by atoms with Crippen molar-refractivity contribution in [3.63, 3.8) is 0 Å². The Morgan fingerprint density at radius 1 is 1.19 bits per heavy atom. The summed E-state index contributed by atoms with van der Waals surface area (Å²) < 4.78 is 7.18. The summed E-state index contributed by atoms with van der Waals surface area (Å²) in [5.41, 5.74) is 2.09. The SMILES string of the molecule is CCc1nnc(CSc2nnnn2-c2cccc(C)c2)o1. The normalized spacial score (nSPS) is 11.0. The number of aromatic nitrogens is 6. The van der Waals surface area contributed by atoms with Crippen molar-refractivity contribution in [2.45, 2.75) is 31.2 Å². The van der Waals surface area contributed by atoms with E-state index in [9.17, 15) is 0 Å². The van der Waals surface area contributed by atoms with Crippen LogP contribution in [0.4, 0.5) is 0 Å². The first-order chi connectivity index (χ1) is 10.3. The first kappa shape index (κ1) is 13.7. The monoisotopic (exact) mass is 302 g/mol. The molecule has 108 valence electrons. The highest BCUT2D eigenvalue weighted by molar-refractivity contribution is 7.98. The first-order valence-corrected chi connectivity index (χ1v) is 7.54. The maximum atomic E-state index is 5.47. The lowest BCUT2D eigenvalue weighted by Crippen LogP contribution is -1.99. The van der Waals surface area contributed by atoms with E-state index in [0.717, 1.165) is 17.7 Å². The molecule has 8 heteroatoms. The van der Waals surface area contributed by atoms with Crippen LogP contribution >= 0.6 is 11.8 Å². The minimum Gasteiger partial charge on any atom is -0.424 e. The second kappa shape index (κ2) is 6.04. The number of tetrazole rings is 1. The minimum atomic E-state index is 0.541. The average Bonchev–Trinajstić information content (AvgIpc) is 3.14. The summed E-state index contributed by atoms with van der Waals surface area (Å²) in [4.78, 5) is 0. The molecule has 0 fully saturated rings. The summed E-state index contributed by atoms with van der Waals surface area (Å²) in [5, 5.41) is 20.4. The van der Waals surface area contributed by atoms with Crippen molar-refractivity contribution in [3.8, 4) is 5.69 Å². The fourth-order valence-corrected chi connectivity index (χ4v) is 2.53. The molecule has 0 saturated heterocycles. The zero-order chi connectivity index (χ0) is 14.7. The third kappa shape index (κ3) is 3.10. The number of hydrogen-bond acceptors (Lipinski definition) is 7. The van der Waals surface area contributed by atoms with Crippen molar-refractivity contribution in [2.75, 3.05) is 0 Å². The van der Waals surface area contributed by atoms with Crippen molar-refractivity contribution in [1.82, 2.24) is 30.4 Å². The molecule has 2 heterocycles. The van der Waals surface area contributed by atoms with E-state index in [2.05, 4.69) is 25.7 Å². The van der Waals surface area contributed by atoms with Crippen LogP contribution in [0.2, 0.25) is 0 Å². The van der Waals surface area contributed by atoms with Crippen molar-refractivity contribution >= 4 is 11.8 Å². The largest absolute Gasteiger partial charge is 0.424 e. The molecule has 0 N–H and O–H groups in total. The fraction of sp³-hybridized carbons (Fsp3) is 0.308. The summed E-state index contributed by atoms with van der Waals surface area (Å²) in [7, 11) is 0. The number of benzene rings is 1. The van der Waals surface area contributed by atoms with Gasteiger partial charge in [0.25, 0.3) is 0 Å². The second-order valence-electron chi connectivity index (χ2n) is 4.44. The van der Waals surface area contributed by atoms with Gasteiger partial charge in [-0.1, -0.05) is 30.8 Å². The quantitative estimate of drug-likeness (QED) is 0.668. The van der Waals surface area contributed by atoms with Crippen molar-refractivity contribution in [2.24, 2.45) is 0 Å². The molecule has 0 aliphatic carbocycles. The zero-order valence-electron chi connectivity index (χ0n) is 11.7. The van der Waals surface area contributed by atoms with E-state index in [-0.39, 0.29) is 0 Å². The first-order valence-electron chi connectivity index (χ1n) is 6.55. The van der Waals surface area contributed by atoms with Crippen LogP contribution in [0.3, 0.4) is 0 Å². The van der Waals surface area contributed by atoms with Crippen molar-refractivity contribution < 1.29 is 4.42 Å². The van der Waals surface area contributed by atoms with E-state index in [1.54, 1.807) is 4.68 Å². The number of thioether (sulfide) groups is 1. The van der Waals surface area contributed by atoms with Gasteiger partial charge in [-0.25, -0.2) is 0 Å². The van der Waals surface area contributed by atoms with Crippen LogP contribution < -0.4 is 0 Å². The molecule has 2 aromatic heterocycles. The highest BCUT2D eigenvalue weighted by Crippen LogP contribution is 2.22. The molecule has 3 aromatic rings. The van der Waals surface area contributed by atoms with E-state index >= 15 is 0 Å². The van der Waals surface area contributed by atoms with E-state index < -0.39 is 0 Å². The van der Waals surface area contributed by atoms with Crippen LogP contribution in [0.5, 0.6) is 0 Å². The predicted octanol–water partition coefficient (Wildman–Crippen LogP) is 2.21. The van der Waals surface area contributed by atoms with E-state index in [4.69, 9.17) is 4.42 Å². The van der Waals surface area contributed by atoms with Gasteiger partial charge in [0.05, 0.1) is 11.4 Å². The fourth-order valence-electron chi connectivity index (χ4n) is 1.81. The molecule has 0 saturated carbocycles. The Morgan fingerprint density at radius 2 is 2.05 bits per heavy atom. The Balaban J connectivity index is 1.76. The molecule has 0 amide bonds. The van der Waals surface area contributed by atoms with Crippen LogP contribution in [-0.4, -0.2) is 30.4 Å². The third-order valence-electron chi connectivity index (χ3n) is 2.82. The Labute approximate surface area is 125 Å². The van der Waals surface area contributed by atoms with Crippen molar-refractivity contribution in [1.29, 1.82) is 0 Å². The Hall–Kier alpha value is -2.22. The van der Waals surface area contributed by atoms with Gasteiger partial charge in [-0.05, 0) is 35.0 Å². The van der Waals surface area contributed by atoms with Gasteiger partial charge < -0.3 is 4.42 Å². The summed E-state index contributed by atoms with van der Waals surface area (Å²) in [6.45, 7) is 4.01. The molecule has 0 aliphatic heterocycles. The van der Waals surface area contributed by atoms with E-state index in [1.165, 1.54) is 11.8 Å². The topological polar surface area (TPSA) is 82.5 Å². The molecule has 3 rings (SSSR count). The Morgan fingerprint density at radius 3 is 2.81 bits per heavy atom. The molecule has 0 unspecified atom stereocenters. The average molecular weight is 302 g/mol. The zero-order valence-corrected chi connectivity index (χ0v) is 12.5. The van der Waals surface area contributed by atoms with Crippen LogP contribution in [0.15, 0.2) is 33.8 Å².